The van der Waals surface area contributed by atoms with Crippen LogP contribution in [-0.4, -0.2) is 5.97 Å². The summed E-state index contributed by atoms with van der Waals surface area (Å²) < 4.78 is 6.86. The molecule has 0 heterocycles. The fourth-order valence-corrected chi connectivity index (χ4v) is 6.23. The van der Waals surface area contributed by atoms with Crippen molar-refractivity contribution in [2.45, 2.75) is 51.9 Å². The zero-order valence-corrected chi connectivity index (χ0v) is 15.9. The summed E-state index contributed by atoms with van der Waals surface area (Å²) in [5, 5.41) is 0. The molecule has 4 rings (SSSR count). The SMILES string of the molecule is CC(=O)Oc1ccc2c(c1)CCC1C2CC[C@]2(C)C(I)=CCC12. The van der Waals surface area contributed by atoms with Gasteiger partial charge in [-0.1, -0.05) is 19.1 Å². The highest BCUT2D eigenvalue weighted by molar-refractivity contribution is 14.1. The number of ether oxygens (including phenoxy) is 1. The van der Waals surface area contributed by atoms with Crippen molar-refractivity contribution < 1.29 is 9.53 Å². The molecular weight excluding hydrogens is 399 g/mol. The summed E-state index contributed by atoms with van der Waals surface area (Å²) in [7, 11) is 0. The number of benzene rings is 1. The molecule has 4 atom stereocenters. The average Bonchev–Trinajstić information content (AvgIpc) is 2.82. The lowest BCUT2D eigenvalue weighted by Crippen LogP contribution is -2.40. The van der Waals surface area contributed by atoms with Gasteiger partial charge in [0.15, 0.2) is 0 Å². The van der Waals surface area contributed by atoms with Gasteiger partial charge in [-0.2, -0.15) is 0 Å². The second-order valence-electron chi connectivity index (χ2n) is 7.61. The van der Waals surface area contributed by atoms with E-state index in [0.717, 1.165) is 18.3 Å². The van der Waals surface area contributed by atoms with Crippen molar-refractivity contribution >= 4 is 28.6 Å². The van der Waals surface area contributed by atoms with Gasteiger partial charge in [-0.25, -0.2) is 0 Å². The Bertz CT molecular complexity index is 693. The third-order valence-corrected chi connectivity index (χ3v) is 8.12. The Labute approximate surface area is 151 Å². The molecule has 0 N–H and O–H groups in total. The standard InChI is InChI=1S/C20H23IO2/c1-12(22)23-14-4-6-15-13(11-14)3-5-17-16(15)9-10-20(2)18(17)7-8-19(20)21/h4,6,8,11,16-18H,3,5,7,9-10H2,1-2H3/t16?,17?,18?,20-/m0/s1. The molecule has 1 saturated carbocycles. The zero-order chi connectivity index (χ0) is 16.2. The summed E-state index contributed by atoms with van der Waals surface area (Å²) >= 11 is 2.57. The van der Waals surface area contributed by atoms with E-state index in [-0.39, 0.29) is 5.97 Å². The quantitative estimate of drug-likeness (QED) is 0.344. The number of fused-ring (bicyclic) bond motifs is 5. The summed E-state index contributed by atoms with van der Waals surface area (Å²) in [4.78, 5) is 11.2. The molecule has 0 spiro atoms. The maximum absolute atomic E-state index is 11.2. The van der Waals surface area contributed by atoms with Gasteiger partial charge in [0.25, 0.3) is 0 Å². The van der Waals surface area contributed by atoms with Crippen molar-refractivity contribution in [3.8, 4) is 5.75 Å². The molecule has 1 aromatic carbocycles. The van der Waals surface area contributed by atoms with Gasteiger partial charge in [0.1, 0.15) is 5.75 Å². The molecule has 0 radical (unpaired) electrons. The van der Waals surface area contributed by atoms with Crippen LogP contribution in [0.5, 0.6) is 5.75 Å². The van der Waals surface area contributed by atoms with E-state index in [1.54, 1.807) is 3.58 Å². The monoisotopic (exact) mass is 422 g/mol. The van der Waals surface area contributed by atoms with Crippen LogP contribution in [0.15, 0.2) is 27.9 Å². The summed E-state index contributed by atoms with van der Waals surface area (Å²) in [5.74, 6) is 2.78. The van der Waals surface area contributed by atoms with Gasteiger partial charge in [0.2, 0.25) is 0 Å². The minimum absolute atomic E-state index is 0.237. The van der Waals surface area contributed by atoms with Gasteiger partial charge >= 0.3 is 5.97 Å². The number of rotatable bonds is 1. The van der Waals surface area contributed by atoms with Gasteiger partial charge in [-0.15, -0.1) is 0 Å². The number of esters is 1. The van der Waals surface area contributed by atoms with Crippen LogP contribution < -0.4 is 4.74 Å². The van der Waals surface area contributed by atoms with Crippen LogP contribution in [-0.2, 0) is 11.2 Å². The van der Waals surface area contributed by atoms with Crippen LogP contribution in [0, 0.1) is 17.3 Å². The van der Waals surface area contributed by atoms with Crippen LogP contribution in [0.3, 0.4) is 0 Å². The molecule has 0 aromatic heterocycles. The van der Waals surface area contributed by atoms with Crippen LogP contribution in [0.4, 0.5) is 0 Å². The topological polar surface area (TPSA) is 26.3 Å². The third kappa shape index (κ3) is 2.46. The van der Waals surface area contributed by atoms with Gasteiger partial charge < -0.3 is 4.74 Å². The molecule has 3 unspecified atom stereocenters. The fraction of sp³-hybridized carbons (Fsp3) is 0.550. The lowest BCUT2D eigenvalue weighted by atomic mass is 9.56. The van der Waals surface area contributed by atoms with Crippen molar-refractivity contribution in [1.29, 1.82) is 0 Å². The number of hydrogen-bond donors (Lipinski definition) is 0. The van der Waals surface area contributed by atoms with E-state index in [1.165, 1.54) is 43.7 Å². The maximum Gasteiger partial charge on any atom is 0.308 e. The number of aryl methyl sites for hydroxylation is 1. The Hall–Kier alpha value is -0.840. The molecule has 3 aliphatic carbocycles. The summed E-state index contributed by atoms with van der Waals surface area (Å²) in [6, 6.07) is 6.30. The van der Waals surface area contributed by atoms with Crippen LogP contribution >= 0.6 is 22.6 Å². The van der Waals surface area contributed by atoms with Crippen molar-refractivity contribution in [1.82, 2.24) is 0 Å². The molecule has 3 aliphatic rings. The van der Waals surface area contributed by atoms with Crippen molar-refractivity contribution in [3.05, 3.63) is 39.0 Å². The average molecular weight is 422 g/mol. The Morgan fingerprint density at radius 1 is 1.35 bits per heavy atom. The molecule has 122 valence electrons. The number of carbonyl (C=O) groups excluding carboxylic acids is 1. The van der Waals surface area contributed by atoms with Gasteiger partial charge in [0, 0.05) is 12.3 Å². The Balaban J connectivity index is 1.64. The molecular formula is C20H23IO2. The van der Waals surface area contributed by atoms with E-state index >= 15 is 0 Å². The lowest BCUT2D eigenvalue weighted by molar-refractivity contribution is -0.131. The summed E-state index contributed by atoms with van der Waals surface area (Å²) in [6.45, 7) is 3.95. The smallest absolute Gasteiger partial charge is 0.308 e. The highest BCUT2D eigenvalue weighted by Gasteiger charge is 2.51. The first-order valence-corrected chi connectivity index (χ1v) is 9.74. The molecule has 0 aliphatic heterocycles. The van der Waals surface area contributed by atoms with Crippen LogP contribution in [0.1, 0.15) is 56.6 Å². The molecule has 0 amide bonds. The van der Waals surface area contributed by atoms with Crippen LogP contribution in [0.2, 0.25) is 0 Å². The second-order valence-corrected chi connectivity index (χ2v) is 8.78. The molecule has 1 aromatic rings. The molecule has 0 saturated heterocycles. The first-order valence-electron chi connectivity index (χ1n) is 8.66. The Morgan fingerprint density at radius 2 is 2.17 bits per heavy atom. The van der Waals surface area contributed by atoms with E-state index in [4.69, 9.17) is 4.74 Å². The van der Waals surface area contributed by atoms with E-state index in [0.29, 0.717) is 17.1 Å². The molecule has 3 heteroatoms. The van der Waals surface area contributed by atoms with Crippen molar-refractivity contribution in [3.63, 3.8) is 0 Å². The van der Waals surface area contributed by atoms with Gasteiger partial charge in [-0.05, 0) is 99.3 Å². The highest BCUT2D eigenvalue weighted by atomic mass is 127. The first kappa shape index (κ1) is 15.7. The van der Waals surface area contributed by atoms with E-state index in [2.05, 4.69) is 47.7 Å². The molecule has 0 bridgehead atoms. The first-order chi connectivity index (χ1) is 11.0. The summed E-state index contributed by atoms with van der Waals surface area (Å²) in [6.07, 6.45) is 8.73. The fourth-order valence-electron chi connectivity index (χ4n) is 5.30. The maximum atomic E-state index is 11.2. The molecule has 23 heavy (non-hydrogen) atoms. The highest BCUT2D eigenvalue weighted by Crippen LogP contribution is 2.62. The van der Waals surface area contributed by atoms with Gasteiger partial charge in [-0.3, -0.25) is 4.79 Å². The Morgan fingerprint density at radius 3 is 2.96 bits per heavy atom. The molecule has 1 fully saturated rings. The van der Waals surface area contributed by atoms with Crippen LogP contribution in [0.25, 0.3) is 0 Å². The summed E-state index contributed by atoms with van der Waals surface area (Å²) in [5.41, 5.74) is 3.34. The minimum Gasteiger partial charge on any atom is -0.427 e. The minimum atomic E-state index is -0.237. The largest absolute Gasteiger partial charge is 0.427 e. The third-order valence-electron chi connectivity index (χ3n) is 6.45. The number of allylic oxidation sites excluding steroid dienone is 2. The predicted molar refractivity (Wildman–Crippen MR) is 99.9 cm³/mol. The van der Waals surface area contributed by atoms with E-state index < -0.39 is 0 Å². The van der Waals surface area contributed by atoms with E-state index in [1.807, 2.05) is 6.07 Å². The predicted octanol–water partition coefficient (Wildman–Crippen LogP) is 5.40. The second kappa shape index (κ2) is 5.61. The van der Waals surface area contributed by atoms with Gasteiger partial charge in [0.05, 0.1) is 0 Å². The number of halogens is 1. The zero-order valence-electron chi connectivity index (χ0n) is 13.8. The number of carbonyl (C=O) groups is 1. The lowest BCUT2D eigenvalue weighted by Gasteiger charge is -2.49. The number of hydrogen-bond acceptors (Lipinski definition) is 2. The van der Waals surface area contributed by atoms with Crippen molar-refractivity contribution in [2.75, 3.05) is 0 Å². The van der Waals surface area contributed by atoms with E-state index in [9.17, 15) is 4.79 Å². The van der Waals surface area contributed by atoms with Crippen molar-refractivity contribution in [2.24, 2.45) is 17.3 Å². The molecule has 2 nitrogen and oxygen atoms in total. The normalized spacial score (nSPS) is 34.9. The Kier molecular flexibility index (Phi) is 3.82.